The Balaban J connectivity index is 1.60. The van der Waals surface area contributed by atoms with Crippen LogP contribution in [0, 0.1) is 29.9 Å². The number of aryl methyl sites for hydroxylation is 1. The number of benzene rings is 3. The first-order valence-corrected chi connectivity index (χ1v) is 23.5. The van der Waals surface area contributed by atoms with Crippen molar-refractivity contribution in [3.8, 4) is 11.9 Å². The molecule has 0 saturated heterocycles. The minimum absolute atomic E-state index is 0.0159. The third kappa shape index (κ3) is 12.4. The summed E-state index contributed by atoms with van der Waals surface area (Å²) in [5, 5.41) is 11.9. The van der Waals surface area contributed by atoms with E-state index in [2.05, 4.69) is 26.1 Å². The molecule has 0 radical (unpaired) electrons. The molecule has 1 aliphatic carbocycles. The molecule has 3 aromatic carbocycles. The fourth-order valence-corrected chi connectivity index (χ4v) is 10.7. The van der Waals surface area contributed by atoms with Crippen LogP contribution in [0.5, 0.6) is 11.9 Å². The summed E-state index contributed by atoms with van der Waals surface area (Å²) in [7, 11) is -2.47. The van der Waals surface area contributed by atoms with Crippen LogP contribution in [0.25, 0.3) is 0 Å². The number of aromatic nitrogens is 2. The first kappa shape index (κ1) is 45.8. The van der Waals surface area contributed by atoms with Crippen molar-refractivity contribution < 1.29 is 32.3 Å². The lowest BCUT2D eigenvalue weighted by molar-refractivity contribution is -0.128. The van der Waals surface area contributed by atoms with Gasteiger partial charge in [-0.05, 0) is 93.4 Å². The van der Waals surface area contributed by atoms with E-state index in [1.54, 1.807) is 13.8 Å². The Labute approximate surface area is 354 Å². The van der Waals surface area contributed by atoms with Crippen LogP contribution in [-0.2, 0) is 33.8 Å². The number of halogens is 2. The van der Waals surface area contributed by atoms with Crippen molar-refractivity contribution in [3.05, 3.63) is 130 Å². The molecule has 5 rings (SSSR count). The molecular weight excluding hydrogens is 781 g/mol. The highest BCUT2D eigenvalue weighted by Gasteiger charge is 2.37. The Morgan fingerprint density at radius 2 is 1.42 bits per heavy atom. The zero-order valence-electron chi connectivity index (χ0n) is 35.7. The zero-order valence-corrected chi connectivity index (χ0v) is 36.7. The van der Waals surface area contributed by atoms with E-state index in [0.717, 1.165) is 67.2 Å². The highest BCUT2D eigenvalue weighted by atomic mass is 28.4. The van der Waals surface area contributed by atoms with E-state index < -0.39 is 32.0 Å². The van der Waals surface area contributed by atoms with Crippen molar-refractivity contribution in [2.75, 3.05) is 6.54 Å². The number of Topliss-reactive ketones (excluding diaryl/α,β-unsaturated/α-hetero) is 1. The molecule has 4 aromatic rings. The van der Waals surface area contributed by atoms with Gasteiger partial charge in [-0.15, -0.1) is 0 Å². The summed E-state index contributed by atoms with van der Waals surface area (Å²) in [5.74, 6) is -1.62. The van der Waals surface area contributed by atoms with Gasteiger partial charge < -0.3 is 29.5 Å². The van der Waals surface area contributed by atoms with Gasteiger partial charge in [0, 0.05) is 36.5 Å². The maximum Gasteiger partial charge on any atom is 0.320 e. The van der Waals surface area contributed by atoms with Crippen molar-refractivity contribution >= 4 is 26.2 Å². The van der Waals surface area contributed by atoms with Gasteiger partial charge in [0.25, 0.3) is 5.91 Å². The third-order valence-corrected chi connectivity index (χ3v) is 16.3. The number of ketones is 1. The van der Waals surface area contributed by atoms with Gasteiger partial charge in [0.15, 0.2) is 8.32 Å². The number of rotatable bonds is 21. The summed E-state index contributed by atoms with van der Waals surface area (Å²) in [5.41, 5.74) is 3.74. The number of ether oxygens (including phenoxy) is 2. The monoisotopic (exact) mass is 839 g/mol. The minimum atomic E-state index is -2.47. The summed E-state index contributed by atoms with van der Waals surface area (Å²) in [6, 6.07) is 25.1. The van der Waals surface area contributed by atoms with Gasteiger partial charge in [-0.1, -0.05) is 81.4 Å². The highest BCUT2D eigenvalue weighted by molar-refractivity contribution is 6.73. The smallest absolute Gasteiger partial charge is 0.320 e. The normalized spacial score (nSPS) is 16.3. The average Bonchev–Trinajstić information content (AvgIpc) is 3.24. The second-order valence-electron chi connectivity index (χ2n) is 15.7. The van der Waals surface area contributed by atoms with Gasteiger partial charge in [-0.25, -0.2) is 8.78 Å². The first-order chi connectivity index (χ1) is 28.9. The molecule has 0 aliphatic heterocycles. The predicted molar refractivity (Wildman–Crippen MR) is 232 cm³/mol. The maximum atomic E-state index is 14.9. The summed E-state index contributed by atoms with van der Waals surface area (Å²) >= 11 is 0. The largest absolute Gasteiger partial charge is 0.472 e. The Hall–Kier alpha value is -5.27. The van der Waals surface area contributed by atoms with Crippen molar-refractivity contribution in [3.63, 3.8) is 0 Å². The molecule has 1 aliphatic rings. The molecule has 1 atom stereocenters. The minimum Gasteiger partial charge on any atom is -0.472 e. The number of carbonyl (C=O) groups excluding carboxylic acids is 2. The van der Waals surface area contributed by atoms with Crippen LogP contribution in [0.1, 0.15) is 94.4 Å². The molecule has 0 spiro atoms. The van der Waals surface area contributed by atoms with Crippen LogP contribution in [-0.4, -0.2) is 53.7 Å². The van der Waals surface area contributed by atoms with Crippen molar-refractivity contribution in [2.45, 2.75) is 117 Å². The third-order valence-electron chi connectivity index (χ3n) is 11.6. The van der Waals surface area contributed by atoms with Crippen molar-refractivity contribution in [2.24, 2.45) is 5.92 Å². The standard InChI is InChI=1S/C47H59F2N5O5Si/c1-7-60(8-2,9-3)59-43(44-33(5)52-47(58-31-36-18-14-11-15-19-36)53-45(44)57-30-35-16-12-10-13-17-35)29-54(28-37-24-39(48)26-40(49)25-37)46(56)42(27-50)32(4)51-41-22-20-38(21-23-41)34(6)55/h10-19,24-27,38,41,43,50-51H,7-9,20-23,28-31H2,1-6H3/b42-32+,50-27?/t38-,41-,43?. The molecule has 13 heteroatoms. The fraction of sp³-hybridized carbons (Fsp3) is 0.426. The second kappa shape index (κ2) is 21.8. The van der Waals surface area contributed by atoms with Crippen LogP contribution in [0.4, 0.5) is 8.78 Å². The molecule has 60 heavy (non-hydrogen) atoms. The average molecular weight is 840 g/mol. The number of amides is 1. The number of carbonyl (C=O) groups is 2. The van der Waals surface area contributed by atoms with Crippen LogP contribution < -0.4 is 14.8 Å². The van der Waals surface area contributed by atoms with Crippen molar-refractivity contribution in [1.82, 2.24) is 20.2 Å². The molecule has 0 bridgehead atoms. The lowest BCUT2D eigenvalue weighted by Crippen LogP contribution is -2.43. The molecule has 10 nitrogen and oxygen atoms in total. The molecule has 1 unspecified atom stereocenters. The van der Waals surface area contributed by atoms with Crippen LogP contribution in [0.3, 0.4) is 0 Å². The zero-order chi connectivity index (χ0) is 43.2. The Morgan fingerprint density at radius 1 is 0.850 bits per heavy atom. The van der Waals surface area contributed by atoms with Gasteiger partial charge in [0.2, 0.25) is 5.88 Å². The molecule has 2 N–H and O–H groups in total. The Morgan fingerprint density at radius 3 is 1.95 bits per heavy atom. The Bertz CT molecular complexity index is 2060. The highest BCUT2D eigenvalue weighted by Crippen LogP contribution is 2.37. The second-order valence-corrected chi connectivity index (χ2v) is 20.4. The van der Waals surface area contributed by atoms with E-state index in [9.17, 15) is 18.4 Å². The van der Waals surface area contributed by atoms with Gasteiger partial charge in [0.05, 0.1) is 29.5 Å². The number of hydrogen-bond donors (Lipinski definition) is 2. The van der Waals surface area contributed by atoms with Gasteiger partial charge in [0.1, 0.15) is 30.6 Å². The molecular formula is C47H59F2N5O5Si. The van der Waals surface area contributed by atoms with Gasteiger partial charge >= 0.3 is 6.01 Å². The maximum absolute atomic E-state index is 14.9. The number of hydrogen-bond acceptors (Lipinski definition) is 9. The molecule has 1 fully saturated rings. The van der Waals surface area contributed by atoms with Crippen LogP contribution in [0.2, 0.25) is 18.1 Å². The molecule has 1 aromatic heterocycles. The molecule has 1 heterocycles. The Kier molecular flexibility index (Phi) is 16.7. The lowest BCUT2D eigenvalue weighted by Gasteiger charge is -2.37. The summed E-state index contributed by atoms with van der Waals surface area (Å²) in [6.45, 7) is 11.7. The predicted octanol–water partition coefficient (Wildman–Crippen LogP) is 9.97. The van der Waals surface area contributed by atoms with E-state index in [4.69, 9.17) is 29.3 Å². The van der Waals surface area contributed by atoms with E-state index >= 15 is 0 Å². The molecule has 320 valence electrons. The summed E-state index contributed by atoms with van der Waals surface area (Å²) in [4.78, 5) is 38.0. The first-order valence-electron chi connectivity index (χ1n) is 21.0. The number of nitrogens with one attached hydrogen (secondary N) is 2. The number of nitrogens with zero attached hydrogens (tertiary/aromatic N) is 3. The lowest BCUT2D eigenvalue weighted by atomic mass is 9.84. The van der Waals surface area contributed by atoms with E-state index in [1.807, 2.05) is 67.6 Å². The quantitative estimate of drug-likeness (QED) is 0.0483. The summed E-state index contributed by atoms with van der Waals surface area (Å²) in [6.07, 6.45) is 3.16. The molecule has 1 amide bonds. The SMILES string of the molecule is CC[Si](CC)(CC)OC(CN(Cc1cc(F)cc(F)c1)C(=O)/C(C=N)=C(\C)N[C@H]1CC[C@H](C(C)=O)CC1)c1c(C)nc(OCc2ccccc2)nc1OCc1ccccc1. The summed E-state index contributed by atoms with van der Waals surface area (Å²) < 4.78 is 49.3. The van der Waals surface area contributed by atoms with E-state index in [0.29, 0.717) is 17.0 Å². The van der Waals surface area contributed by atoms with E-state index in [-0.39, 0.29) is 67.1 Å². The number of allylic oxidation sites excluding steroid dienone is 1. The van der Waals surface area contributed by atoms with Gasteiger partial charge in [-0.2, -0.15) is 9.97 Å². The van der Waals surface area contributed by atoms with E-state index in [1.165, 1.54) is 17.0 Å². The molecule has 1 saturated carbocycles. The van der Waals surface area contributed by atoms with Crippen molar-refractivity contribution in [1.29, 1.82) is 5.41 Å². The van der Waals surface area contributed by atoms with Crippen LogP contribution in [0.15, 0.2) is 90.1 Å². The van der Waals surface area contributed by atoms with Crippen LogP contribution >= 0.6 is 0 Å². The topological polar surface area (TPSA) is 127 Å². The fourth-order valence-electron chi connectivity index (χ4n) is 7.88. The van der Waals surface area contributed by atoms with Gasteiger partial charge in [-0.3, -0.25) is 9.59 Å².